The van der Waals surface area contributed by atoms with Crippen LogP contribution in [-0.4, -0.2) is 75.2 Å². The van der Waals surface area contributed by atoms with E-state index in [1.54, 1.807) is 0 Å². The third kappa shape index (κ3) is 11.1. The molecule has 0 aromatic carbocycles. The zero-order chi connectivity index (χ0) is 13.1. The lowest BCUT2D eigenvalue weighted by molar-refractivity contribution is 0.252. The summed E-state index contributed by atoms with van der Waals surface area (Å²) in [6, 6.07) is 0.700. The Morgan fingerprint density at radius 3 is 2.41 bits per heavy atom. The summed E-state index contributed by atoms with van der Waals surface area (Å²) in [5, 5.41) is 3.51. The lowest BCUT2D eigenvalue weighted by Gasteiger charge is -2.24. The van der Waals surface area contributed by atoms with Crippen LogP contribution in [0.2, 0.25) is 0 Å². The summed E-state index contributed by atoms with van der Waals surface area (Å²) in [6.07, 6.45) is 4.70. The van der Waals surface area contributed by atoms with Gasteiger partial charge in [-0.15, -0.1) is 0 Å². The van der Waals surface area contributed by atoms with Crippen molar-refractivity contribution in [1.29, 1.82) is 0 Å². The Bertz CT molecular complexity index is 165. The third-order valence-corrected chi connectivity index (χ3v) is 3.74. The fourth-order valence-electron chi connectivity index (χ4n) is 1.63. The van der Waals surface area contributed by atoms with Gasteiger partial charge >= 0.3 is 0 Å². The van der Waals surface area contributed by atoms with E-state index in [9.17, 15) is 0 Å². The second-order valence-electron chi connectivity index (χ2n) is 5.02. The van der Waals surface area contributed by atoms with Crippen molar-refractivity contribution < 1.29 is 0 Å². The molecule has 104 valence electrons. The van der Waals surface area contributed by atoms with Crippen molar-refractivity contribution in [3.8, 4) is 0 Å². The van der Waals surface area contributed by atoms with E-state index in [1.165, 1.54) is 25.1 Å². The molecule has 0 spiro atoms. The summed E-state index contributed by atoms with van der Waals surface area (Å²) in [7, 11) is 6.48. The Balaban J connectivity index is 3.34. The lowest BCUT2D eigenvalue weighted by Crippen LogP contribution is -2.36. The molecular weight excluding hydrogens is 230 g/mol. The minimum Gasteiger partial charge on any atom is -0.315 e. The molecule has 0 aromatic rings. The summed E-state index contributed by atoms with van der Waals surface area (Å²) in [5.74, 6) is 1.27. The molecule has 0 fully saturated rings. The first kappa shape index (κ1) is 17.2. The van der Waals surface area contributed by atoms with Crippen LogP contribution in [0.25, 0.3) is 0 Å². The quantitative estimate of drug-likeness (QED) is 0.569. The average Bonchev–Trinajstić information content (AvgIpc) is 2.29. The zero-order valence-electron chi connectivity index (χ0n) is 12.3. The lowest BCUT2D eigenvalue weighted by atomic mass is 10.2. The van der Waals surface area contributed by atoms with E-state index in [2.05, 4.69) is 49.4 Å². The summed E-state index contributed by atoms with van der Waals surface area (Å²) in [4.78, 5) is 4.69. The molecule has 0 aliphatic heterocycles. The van der Waals surface area contributed by atoms with Gasteiger partial charge in [0.25, 0.3) is 0 Å². The van der Waals surface area contributed by atoms with E-state index in [-0.39, 0.29) is 0 Å². The number of hydrogen-bond acceptors (Lipinski definition) is 4. The van der Waals surface area contributed by atoms with E-state index in [1.807, 2.05) is 11.8 Å². The fourth-order valence-corrected chi connectivity index (χ4v) is 2.21. The molecule has 17 heavy (non-hydrogen) atoms. The molecule has 3 nitrogen and oxygen atoms in total. The van der Waals surface area contributed by atoms with E-state index in [4.69, 9.17) is 0 Å². The van der Waals surface area contributed by atoms with Crippen molar-refractivity contribution in [3.05, 3.63) is 0 Å². The van der Waals surface area contributed by atoms with E-state index < -0.39 is 0 Å². The van der Waals surface area contributed by atoms with Crippen LogP contribution in [0.1, 0.15) is 19.8 Å². The molecule has 0 aliphatic rings. The summed E-state index contributed by atoms with van der Waals surface area (Å²) in [5.41, 5.74) is 0. The van der Waals surface area contributed by atoms with Gasteiger partial charge < -0.3 is 15.1 Å². The Labute approximate surface area is 112 Å². The van der Waals surface area contributed by atoms with Gasteiger partial charge in [-0.25, -0.2) is 0 Å². The second kappa shape index (κ2) is 11.3. The number of nitrogens with zero attached hydrogens (tertiary/aromatic N) is 2. The van der Waals surface area contributed by atoms with Crippen LogP contribution in [0.4, 0.5) is 0 Å². The van der Waals surface area contributed by atoms with Crippen molar-refractivity contribution in [2.24, 2.45) is 0 Å². The maximum absolute atomic E-state index is 3.51. The Hall–Kier alpha value is 0.230. The molecule has 4 heteroatoms. The minimum absolute atomic E-state index is 0.700. The first-order valence-corrected chi connectivity index (χ1v) is 8.02. The molecule has 0 aliphatic carbocycles. The van der Waals surface area contributed by atoms with Gasteiger partial charge in [0.2, 0.25) is 0 Å². The molecule has 1 N–H and O–H groups in total. The predicted octanol–water partition coefficient (Wildman–Crippen LogP) is 1.60. The van der Waals surface area contributed by atoms with Crippen LogP contribution >= 0.6 is 11.8 Å². The van der Waals surface area contributed by atoms with E-state index in [0.29, 0.717) is 6.04 Å². The summed E-state index contributed by atoms with van der Waals surface area (Å²) < 4.78 is 0. The first-order valence-electron chi connectivity index (χ1n) is 6.62. The Morgan fingerprint density at radius 1 is 1.12 bits per heavy atom. The van der Waals surface area contributed by atoms with Gasteiger partial charge in [-0.05, 0) is 66.0 Å². The van der Waals surface area contributed by atoms with Crippen molar-refractivity contribution in [3.63, 3.8) is 0 Å². The molecule has 1 unspecified atom stereocenters. The van der Waals surface area contributed by atoms with Crippen molar-refractivity contribution >= 4 is 11.8 Å². The SMILES string of the molecule is CSCCC(C)N(C)CCNCCCN(C)C. The molecule has 0 radical (unpaired) electrons. The molecule has 0 heterocycles. The summed E-state index contributed by atoms with van der Waals surface area (Å²) in [6.45, 7) is 6.88. The highest BCUT2D eigenvalue weighted by Crippen LogP contribution is 2.05. The number of nitrogens with one attached hydrogen (secondary N) is 1. The Morgan fingerprint density at radius 2 is 1.82 bits per heavy atom. The minimum atomic E-state index is 0.700. The van der Waals surface area contributed by atoms with Crippen molar-refractivity contribution in [2.75, 3.05) is 59.3 Å². The van der Waals surface area contributed by atoms with Crippen LogP contribution in [-0.2, 0) is 0 Å². The monoisotopic (exact) mass is 261 g/mol. The van der Waals surface area contributed by atoms with Crippen LogP contribution < -0.4 is 5.32 Å². The topological polar surface area (TPSA) is 18.5 Å². The average molecular weight is 261 g/mol. The van der Waals surface area contributed by atoms with Crippen LogP contribution in [0.3, 0.4) is 0 Å². The smallest absolute Gasteiger partial charge is 0.0107 e. The molecule has 0 saturated carbocycles. The molecule has 0 rings (SSSR count). The molecular formula is C13H31N3S. The second-order valence-corrected chi connectivity index (χ2v) is 6.00. The number of thioether (sulfide) groups is 1. The van der Waals surface area contributed by atoms with Gasteiger partial charge in [0.1, 0.15) is 0 Å². The maximum Gasteiger partial charge on any atom is 0.0107 e. The standard InChI is InChI=1S/C13H31N3S/c1-13(7-12-17-5)16(4)11-9-14-8-6-10-15(2)3/h13-14H,6-12H2,1-5H3. The molecule has 0 amide bonds. The highest BCUT2D eigenvalue weighted by molar-refractivity contribution is 7.98. The molecule has 0 saturated heterocycles. The fraction of sp³-hybridized carbons (Fsp3) is 1.00. The van der Waals surface area contributed by atoms with Gasteiger partial charge in [0.15, 0.2) is 0 Å². The van der Waals surface area contributed by atoms with Crippen LogP contribution in [0, 0.1) is 0 Å². The van der Waals surface area contributed by atoms with Gasteiger partial charge in [-0.2, -0.15) is 11.8 Å². The van der Waals surface area contributed by atoms with E-state index >= 15 is 0 Å². The maximum atomic E-state index is 3.51. The molecule has 1 atom stereocenters. The number of hydrogen-bond donors (Lipinski definition) is 1. The number of likely N-dealkylation sites (N-methyl/N-ethyl adjacent to an activating group) is 1. The van der Waals surface area contributed by atoms with Gasteiger partial charge in [-0.3, -0.25) is 0 Å². The van der Waals surface area contributed by atoms with Crippen molar-refractivity contribution in [2.45, 2.75) is 25.8 Å². The van der Waals surface area contributed by atoms with Crippen molar-refractivity contribution in [1.82, 2.24) is 15.1 Å². The molecule has 0 aromatic heterocycles. The highest BCUT2D eigenvalue weighted by atomic mass is 32.2. The predicted molar refractivity (Wildman–Crippen MR) is 81.1 cm³/mol. The largest absolute Gasteiger partial charge is 0.315 e. The summed E-state index contributed by atoms with van der Waals surface area (Å²) >= 11 is 1.94. The highest BCUT2D eigenvalue weighted by Gasteiger charge is 2.07. The number of rotatable bonds is 11. The zero-order valence-corrected chi connectivity index (χ0v) is 13.1. The van der Waals surface area contributed by atoms with Gasteiger partial charge in [0, 0.05) is 19.1 Å². The van der Waals surface area contributed by atoms with E-state index in [0.717, 1.165) is 19.6 Å². The normalized spacial score (nSPS) is 13.6. The Kier molecular flexibility index (Phi) is 11.5. The van der Waals surface area contributed by atoms with Crippen LogP contribution in [0.5, 0.6) is 0 Å². The van der Waals surface area contributed by atoms with Gasteiger partial charge in [0.05, 0.1) is 0 Å². The molecule has 0 bridgehead atoms. The first-order chi connectivity index (χ1) is 8.07. The third-order valence-electron chi connectivity index (χ3n) is 3.09. The van der Waals surface area contributed by atoms with Gasteiger partial charge in [-0.1, -0.05) is 0 Å². The van der Waals surface area contributed by atoms with Crippen LogP contribution in [0.15, 0.2) is 0 Å².